The molecule has 108 valence electrons. The van der Waals surface area contributed by atoms with Gasteiger partial charge in [-0.15, -0.1) is 0 Å². The van der Waals surface area contributed by atoms with Gasteiger partial charge in [0.2, 0.25) is 15.9 Å². The molecule has 2 N–H and O–H groups in total. The summed E-state index contributed by atoms with van der Waals surface area (Å²) in [6.45, 7) is 2.93. The first-order valence-corrected chi connectivity index (χ1v) is 8.36. The minimum absolute atomic E-state index is 0.0138. The SMILES string of the molecule is CCC(C(N)=S)S(=O)(=O)N1CCN2C(=O)CCC2C1. The number of piperazine rings is 1. The summed E-state index contributed by atoms with van der Waals surface area (Å²) < 4.78 is 26.4. The van der Waals surface area contributed by atoms with Crippen molar-refractivity contribution < 1.29 is 13.2 Å². The molecule has 0 spiro atoms. The van der Waals surface area contributed by atoms with E-state index in [4.69, 9.17) is 18.0 Å². The van der Waals surface area contributed by atoms with Crippen molar-refractivity contribution in [1.29, 1.82) is 0 Å². The highest BCUT2D eigenvalue weighted by Gasteiger charge is 2.41. The lowest BCUT2D eigenvalue weighted by molar-refractivity contribution is -0.130. The van der Waals surface area contributed by atoms with E-state index in [-0.39, 0.29) is 16.9 Å². The van der Waals surface area contributed by atoms with Crippen LogP contribution < -0.4 is 5.73 Å². The smallest absolute Gasteiger partial charge is 0.223 e. The van der Waals surface area contributed by atoms with Crippen LogP contribution in [0.15, 0.2) is 0 Å². The van der Waals surface area contributed by atoms with Crippen molar-refractivity contribution in [2.75, 3.05) is 19.6 Å². The fourth-order valence-electron chi connectivity index (χ4n) is 2.81. The Balaban J connectivity index is 2.15. The molecule has 0 bridgehead atoms. The summed E-state index contributed by atoms with van der Waals surface area (Å²) in [5, 5.41) is -0.800. The number of hydrogen-bond donors (Lipinski definition) is 1. The van der Waals surface area contributed by atoms with Gasteiger partial charge in [-0.1, -0.05) is 19.1 Å². The van der Waals surface area contributed by atoms with E-state index in [0.29, 0.717) is 32.5 Å². The van der Waals surface area contributed by atoms with E-state index in [1.54, 1.807) is 11.8 Å². The molecular formula is C11H19N3O3S2. The van der Waals surface area contributed by atoms with E-state index in [2.05, 4.69) is 0 Å². The van der Waals surface area contributed by atoms with Crippen molar-refractivity contribution in [3.05, 3.63) is 0 Å². The lowest BCUT2D eigenvalue weighted by atomic mass is 10.2. The molecule has 2 aliphatic heterocycles. The fraction of sp³-hybridized carbons (Fsp3) is 0.818. The average Bonchev–Trinajstić information content (AvgIpc) is 2.70. The second kappa shape index (κ2) is 5.34. The first-order chi connectivity index (χ1) is 8.87. The Labute approximate surface area is 119 Å². The molecule has 0 aliphatic carbocycles. The maximum atomic E-state index is 12.5. The number of nitrogens with zero attached hydrogens (tertiary/aromatic N) is 2. The molecule has 2 unspecified atom stereocenters. The van der Waals surface area contributed by atoms with Crippen molar-refractivity contribution in [2.24, 2.45) is 5.73 Å². The van der Waals surface area contributed by atoms with Gasteiger partial charge in [-0.3, -0.25) is 4.79 Å². The van der Waals surface area contributed by atoms with Gasteiger partial charge in [0.1, 0.15) is 5.25 Å². The molecule has 0 radical (unpaired) electrons. The number of carbonyl (C=O) groups excluding carboxylic acids is 1. The molecule has 2 atom stereocenters. The van der Waals surface area contributed by atoms with Gasteiger partial charge >= 0.3 is 0 Å². The lowest BCUT2D eigenvalue weighted by Crippen LogP contribution is -2.56. The molecule has 0 saturated carbocycles. The van der Waals surface area contributed by atoms with E-state index in [1.807, 2.05) is 0 Å². The van der Waals surface area contributed by atoms with Crippen LogP contribution in [0.2, 0.25) is 0 Å². The second-order valence-corrected chi connectivity index (χ2v) is 7.57. The Morgan fingerprint density at radius 2 is 2.21 bits per heavy atom. The van der Waals surface area contributed by atoms with Gasteiger partial charge < -0.3 is 10.6 Å². The largest absolute Gasteiger partial charge is 0.392 e. The Bertz CT molecular complexity index is 491. The predicted molar refractivity (Wildman–Crippen MR) is 76.1 cm³/mol. The van der Waals surface area contributed by atoms with Gasteiger partial charge in [0.25, 0.3) is 0 Å². The zero-order valence-electron chi connectivity index (χ0n) is 10.9. The third-order valence-electron chi connectivity index (χ3n) is 3.86. The van der Waals surface area contributed by atoms with Gasteiger partial charge in [0.15, 0.2) is 0 Å². The van der Waals surface area contributed by atoms with Gasteiger partial charge in [0, 0.05) is 32.1 Å². The minimum atomic E-state index is -3.50. The number of fused-ring (bicyclic) bond motifs is 1. The number of rotatable bonds is 4. The molecular weight excluding hydrogens is 286 g/mol. The van der Waals surface area contributed by atoms with Crippen LogP contribution in [0.4, 0.5) is 0 Å². The van der Waals surface area contributed by atoms with E-state index in [1.165, 1.54) is 4.31 Å². The third kappa shape index (κ3) is 2.61. The van der Waals surface area contributed by atoms with E-state index < -0.39 is 15.3 Å². The minimum Gasteiger partial charge on any atom is -0.392 e. The van der Waals surface area contributed by atoms with Crippen LogP contribution in [-0.2, 0) is 14.8 Å². The van der Waals surface area contributed by atoms with Crippen molar-refractivity contribution in [3.8, 4) is 0 Å². The van der Waals surface area contributed by atoms with Gasteiger partial charge in [-0.2, -0.15) is 4.31 Å². The van der Waals surface area contributed by atoms with Crippen LogP contribution >= 0.6 is 12.2 Å². The summed E-state index contributed by atoms with van der Waals surface area (Å²) >= 11 is 4.85. The molecule has 2 fully saturated rings. The fourth-order valence-corrected chi connectivity index (χ4v) is 5.13. The zero-order chi connectivity index (χ0) is 14.2. The summed E-state index contributed by atoms with van der Waals surface area (Å²) in [5.41, 5.74) is 5.53. The number of thiocarbonyl (C=S) groups is 1. The first-order valence-electron chi connectivity index (χ1n) is 6.45. The molecule has 6 nitrogen and oxygen atoms in total. The highest BCUT2D eigenvalue weighted by Crippen LogP contribution is 2.25. The first kappa shape index (κ1) is 14.7. The average molecular weight is 305 g/mol. The molecule has 8 heteroatoms. The number of sulfonamides is 1. The van der Waals surface area contributed by atoms with E-state index in [9.17, 15) is 13.2 Å². The van der Waals surface area contributed by atoms with Crippen LogP contribution in [0.1, 0.15) is 26.2 Å². The van der Waals surface area contributed by atoms with Crippen LogP contribution in [0.3, 0.4) is 0 Å². The number of carbonyl (C=O) groups is 1. The second-order valence-electron chi connectivity index (χ2n) is 4.98. The number of hydrogen-bond acceptors (Lipinski definition) is 4. The normalized spacial score (nSPS) is 26.3. The van der Waals surface area contributed by atoms with Crippen LogP contribution in [-0.4, -0.2) is 59.4 Å². The molecule has 19 heavy (non-hydrogen) atoms. The molecule has 2 saturated heterocycles. The monoisotopic (exact) mass is 305 g/mol. The Hall–Kier alpha value is -0.730. The van der Waals surface area contributed by atoms with Crippen LogP contribution in [0, 0.1) is 0 Å². The topological polar surface area (TPSA) is 83.7 Å². The molecule has 2 heterocycles. The summed E-state index contributed by atoms with van der Waals surface area (Å²) in [5.74, 6) is 0.128. The van der Waals surface area contributed by atoms with Gasteiger partial charge in [-0.05, 0) is 12.8 Å². The zero-order valence-corrected chi connectivity index (χ0v) is 12.5. The summed E-state index contributed by atoms with van der Waals surface area (Å²) in [4.78, 5) is 13.4. The third-order valence-corrected chi connectivity index (χ3v) is 6.66. The summed E-state index contributed by atoms with van der Waals surface area (Å²) in [7, 11) is -3.50. The summed E-state index contributed by atoms with van der Waals surface area (Å²) in [6.07, 6.45) is 1.63. The van der Waals surface area contributed by atoms with Crippen molar-refractivity contribution in [1.82, 2.24) is 9.21 Å². The van der Waals surface area contributed by atoms with Crippen LogP contribution in [0.5, 0.6) is 0 Å². The molecule has 0 aromatic rings. The Kier molecular flexibility index (Phi) is 4.12. The Morgan fingerprint density at radius 3 is 2.79 bits per heavy atom. The molecule has 1 amide bonds. The van der Waals surface area contributed by atoms with E-state index in [0.717, 1.165) is 6.42 Å². The number of amides is 1. The standard InChI is InChI=1S/C11H19N3O3S2/c1-2-9(11(12)18)19(16,17)13-5-6-14-8(7-13)3-4-10(14)15/h8-9H,2-7H2,1H3,(H2,12,18). The number of nitrogens with two attached hydrogens (primary N) is 1. The van der Waals surface area contributed by atoms with Crippen molar-refractivity contribution in [3.63, 3.8) is 0 Å². The predicted octanol–water partition coefficient (Wildman–Crippen LogP) is -0.312. The van der Waals surface area contributed by atoms with E-state index >= 15 is 0 Å². The van der Waals surface area contributed by atoms with Gasteiger partial charge in [0.05, 0.1) is 4.99 Å². The quantitative estimate of drug-likeness (QED) is 0.720. The molecule has 0 aromatic carbocycles. The lowest BCUT2D eigenvalue weighted by Gasteiger charge is -2.38. The highest BCUT2D eigenvalue weighted by molar-refractivity contribution is 7.92. The van der Waals surface area contributed by atoms with Crippen LogP contribution in [0.25, 0.3) is 0 Å². The molecule has 2 aliphatic rings. The van der Waals surface area contributed by atoms with Crippen molar-refractivity contribution >= 4 is 33.1 Å². The molecule has 2 rings (SSSR count). The Morgan fingerprint density at radius 1 is 1.53 bits per heavy atom. The highest BCUT2D eigenvalue weighted by atomic mass is 32.2. The molecule has 0 aromatic heterocycles. The maximum Gasteiger partial charge on any atom is 0.223 e. The van der Waals surface area contributed by atoms with Crippen molar-refractivity contribution in [2.45, 2.75) is 37.5 Å². The van der Waals surface area contributed by atoms with Gasteiger partial charge in [-0.25, -0.2) is 8.42 Å². The maximum absolute atomic E-state index is 12.5. The summed E-state index contributed by atoms with van der Waals surface area (Å²) in [6, 6.07) is 0.0138.